The lowest BCUT2D eigenvalue weighted by atomic mass is 10.1. The largest absolute Gasteiger partial charge is 0.456 e. The highest BCUT2D eigenvalue weighted by Gasteiger charge is 2.30. The second-order valence-corrected chi connectivity index (χ2v) is 5.74. The van der Waals surface area contributed by atoms with Gasteiger partial charge in [-0.25, -0.2) is 4.79 Å². The maximum atomic E-state index is 12.7. The SMILES string of the molecule is CC(C)(C)OC(=O)c1ccc2ccc(C(F)(F)F)ccc1-2. The molecule has 0 saturated carbocycles. The molecule has 2 nitrogen and oxygen atoms in total. The molecule has 0 aromatic carbocycles. The highest BCUT2D eigenvalue weighted by atomic mass is 19.4. The third-order valence-electron chi connectivity index (χ3n) is 2.85. The minimum atomic E-state index is -4.41. The molecule has 0 aliphatic heterocycles. The lowest BCUT2D eigenvalue weighted by Gasteiger charge is -2.19. The fourth-order valence-electron chi connectivity index (χ4n) is 1.95. The first-order valence-electron chi connectivity index (χ1n) is 6.41. The van der Waals surface area contributed by atoms with E-state index in [2.05, 4.69) is 0 Å². The predicted molar refractivity (Wildman–Crippen MR) is 73.2 cm³/mol. The topological polar surface area (TPSA) is 26.3 Å². The molecule has 0 spiro atoms. The van der Waals surface area contributed by atoms with Crippen molar-refractivity contribution in [1.82, 2.24) is 0 Å². The Bertz CT molecular complexity index is 639. The molecule has 0 aromatic rings. The summed E-state index contributed by atoms with van der Waals surface area (Å²) >= 11 is 0. The van der Waals surface area contributed by atoms with Crippen LogP contribution >= 0.6 is 0 Å². The van der Waals surface area contributed by atoms with E-state index >= 15 is 0 Å². The van der Waals surface area contributed by atoms with Gasteiger partial charge in [0, 0.05) is 0 Å². The van der Waals surface area contributed by atoms with Crippen molar-refractivity contribution in [2.75, 3.05) is 0 Å². The van der Waals surface area contributed by atoms with E-state index in [0.29, 0.717) is 11.1 Å². The number of hydrogen-bond acceptors (Lipinski definition) is 2. The Labute approximate surface area is 120 Å². The van der Waals surface area contributed by atoms with Crippen LogP contribution in [0.25, 0.3) is 11.1 Å². The second-order valence-electron chi connectivity index (χ2n) is 5.74. The van der Waals surface area contributed by atoms with Crippen LogP contribution in [0.15, 0.2) is 36.4 Å². The van der Waals surface area contributed by atoms with Crippen molar-refractivity contribution in [3.05, 3.63) is 47.5 Å². The summed E-state index contributed by atoms with van der Waals surface area (Å²) in [6.45, 7) is 5.20. The molecule has 0 saturated heterocycles. The zero-order valence-corrected chi connectivity index (χ0v) is 11.9. The zero-order chi connectivity index (χ0) is 15.8. The van der Waals surface area contributed by atoms with Crippen LogP contribution in [0.2, 0.25) is 0 Å². The van der Waals surface area contributed by atoms with Gasteiger partial charge in [0.05, 0.1) is 11.1 Å². The number of carbonyl (C=O) groups excluding carboxylic acids is 1. The Balaban J connectivity index is 2.44. The van der Waals surface area contributed by atoms with Crippen molar-refractivity contribution in [1.29, 1.82) is 0 Å². The van der Waals surface area contributed by atoms with Gasteiger partial charge >= 0.3 is 12.1 Å². The summed E-state index contributed by atoms with van der Waals surface area (Å²) < 4.78 is 43.4. The van der Waals surface area contributed by atoms with Crippen molar-refractivity contribution in [2.24, 2.45) is 0 Å². The van der Waals surface area contributed by atoms with Gasteiger partial charge in [0.1, 0.15) is 5.60 Å². The van der Waals surface area contributed by atoms with Crippen LogP contribution in [0.3, 0.4) is 0 Å². The van der Waals surface area contributed by atoms with E-state index in [1.165, 1.54) is 12.1 Å². The first-order chi connectivity index (χ1) is 9.58. The molecule has 2 aliphatic rings. The van der Waals surface area contributed by atoms with Crippen molar-refractivity contribution >= 4 is 5.97 Å². The minimum Gasteiger partial charge on any atom is -0.456 e. The normalized spacial score (nSPS) is 12.5. The monoisotopic (exact) mass is 296 g/mol. The van der Waals surface area contributed by atoms with Gasteiger partial charge in [-0.3, -0.25) is 0 Å². The first-order valence-corrected chi connectivity index (χ1v) is 6.41. The van der Waals surface area contributed by atoms with Gasteiger partial charge in [-0.05, 0) is 50.1 Å². The molecule has 0 radical (unpaired) electrons. The number of fused-ring (bicyclic) bond motifs is 1. The molecule has 5 heteroatoms. The Morgan fingerprint density at radius 2 is 1.52 bits per heavy atom. The fourth-order valence-corrected chi connectivity index (χ4v) is 1.95. The lowest BCUT2D eigenvalue weighted by molar-refractivity contribution is -0.137. The van der Waals surface area contributed by atoms with Crippen molar-refractivity contribution in [3.63, 3.8) is 0 Å². The molecule has 0 fully saturated rings. The van der Waals surface area contributed by atoms with Crippen molar-refractivity contribution in [3.8, 4) is 11.1 Å². The van der Waals surface area contributed by atoms with Crippen molar-refractivity contribution < 1.29 is 22.7 Å². The van der Waals surface area contributed by atoms with Gasteiger partial charge in [0.15, 0.2) is 0 Å². The number of carbonyl (C=O) groups is 1. The third-order valence-corrected chi connectivity index (χ3v) is 2.85. The first kappa shape index (κ1) is 15.4. The van der Waals surface area contributed by atoms with Gasteiger partial charge in [0.2, 0.25) is 0 Å². The quantitative estimate of drug-likeness (QED) is 0.709. The smallest absolute Gasteiger partial charge is 0.416 e. The van der Waals surface area contributed by atoms with Gasteiger partial charge in [-0.15, -0.1) is 0 Å². The molecule has 0 aromatic heterocycles. The number of hydrogen-bond donors (Lipinski definition) is 0. The summed E-state index contributed by atoms with van der Waals surface area (Å²) in [5.74, 6) is -0.544. The van der Waals surface area contributed by atoms with Gasteiger partial charge < -0.3 is 4.74 Å². The Hall–Kier alpha value is -2.04. The molecule has 0 atom stereocenters. The molecule has 21 heavy (non-hydrogen) atoms. The standard InChI is InChI=1S/C16H15F3O2/c1-15(2,3)21-14(20)13-8-5-10-4-6-11(16(17,18)19)7-9-12(10)13/h4-9H,1-3H3. The van der Waals surface area contributed by atoms with Crippen LogP contribution in [0, 0.1) is 0 Å². The predicted octanol–water partition coefficient (Wildman–Crippen LogP) is 4.77. The molecule has 2 rings (SSSR count). The van der Waals surface area contributed by atoms with Gasteiger partial charge in [-0.1, -0.05) is 18.2 Å². The van der Waals surface area contributed by atoms with Gasteiger partial charge in [-0.2, -0.15) is 13.2 Å². The van der Waals surface area contributed by atoms with E-state index in [0.717, 1.165) is 12.1 Å². The van der Waals surface area contributed by atoms with Gasteiger partial charge in [0.25, 0.3) is 0 Å². The molecule has 112 valence electrons. The molecule has 2 aliphatic carbocycles. The second kappa shape index (κ2) is 5.06. The van der Waals surface area contributed by atoms with Crippen LogP contribution < -0.4 is 0 Å². The van der Waals surface area contributed by atoms with E-state index in [1.54, 1.807) is 32.9 Å². The lowest BCUT2D eigenvalue weighted by Crippen LogP contribution is -2.23. The maximum Gasteiger partial charge on any atom is 0.416 e. The summed E-state index contributed by atoms with van der Waals surface area (Å²) in [5.41, 5.74) is -0.140. The molecule has 0 heterocycles. The Morgan fingerprint density at radius 1 is 0.952 bits per heavy atom. The fraction of sp³-hybridized carbons (Fsp3) is 0.312. The number of alkyl halides is 3. The maximum absolute atomic E-state index is 12.7. The van der Waals surface area contributed by atoms with Crippen LogP contribution in [0.5, 0.6) is 0 Å². The summed E-state index contributed by atoms with van der Waals surface area (Å²) in [6.07, 6.45) is -4.41. The highest BCUT2D eigenvalue weighted by Crippen LogP contribution is 2.33. The third kappa shape index (κ3) is 3.54. The molecular weight excluding hydrogens is 281 g/mol. The highest BCUT2D eigenvalue weighted by molar-refractivity contribution is 5.99. The van der Waals surface area contributed by atoms with Crippen LogP contribution in [-0.4, -0.2) is 11.6 Å². The number of halogens is 3. The number of esters is 1. The number of rotatable bonds is 1. The Kier molecular flexibility index (Phi) is 3.70. The number of ether oxygens (including phenoxy) is 1. The van der Waals surface area contributed by atoms with Crippen LogP contribution in [0.1, 0.15) is 36.7 Å². The summed E-state index contributed by atoms with van der Waals surface area (Å²) in [6, 6.07) is 7.79. The minimum absolute atomic E-state index is 0.268. The molecule has 0 unspecified atom stereocenters. The molecule has 0 N–H and O–H groups in total. The van der Waals surface area contributed by atoms with Crippen LogP contribution in [0.4, 0.5) is 13.2 Å². The summed E-state index contributed by atoms with van der Waals surface area (Å²) in [5, 5.41) is 0. The van der Waals surface area contributed by atoms with E-state index in [9.17, 15) is 18.0 Å². The van der Waals surface area contributed by atoms with E-state index in [4.69, 9.17) is 4.74 Å². The van der Waals surface area contributed by atoms with Crippen LogP contribution in [-0.2, 0) is 10.9 Å². The van der Waals surface area contributed by atoms with E-state index < -0.39 is 23.3 Å². The summed E-state index contributed by atoms with van der Waals surface area (Å²) in [4.78, 5) is 12.1. The van der Waals surface area contributed by atoms with Crippen molar-refractivity contribution in [2.45, 2.75) is 32.5 Å². The average Bonchev–Trinajstić information content (AvgIpc) is 2.57. The zero-order valence-electron chi connectivity index (χ0n) is 11.9. The summed E-state index contributed by atoms with van der Waals surface area (Å²) in [7, 11) is 0. The van der Waals surface area contributed by atoms with E-state index in [-0.39, 0.29) is 5.56 Å². The molecule has 0 amide bonds. The molecular formula is C16H15F3O2. The molecule has 0 bridgehead atoms. The van der Waals surface area contributed by atoms with E-state index in [1.807, 2.05) is 0 Å². The average molecular weight is 296 g/mol. The Morgan fingerprint density at radius 3 is 2.10 bits per heavy atom.